The Morgan fingerprint density at radius 2 is 1.69 bits per heavy atom. The van der Waals surface area contributed by atoms with Gasteiger partial charge >= 0.3 is 0 Å². The molecule has 1 rings (SSSR count). The van der Waals surface area contributed by atoms with Crippen LogP contribution in [0.3, 0.4) is 0 Å². The lowest BCUT2D eigenvalue weighted by Crippen LogP contribution is -2.12. The van der Waals surface area contributed by atoms with E-state index in [0.717, 1.165) is 0 Å². The molecule has 1 N–H and O–H groups in total. The molecule has 0 amide bonds. The number of benzene rings is 1. The minimum absolute atomic E-state index is 0.0734. The monoisotopic (exact) mass is 189 g/mol. The molecule has 0 spiro atoms. The maximum atomic E-state index is 12.9. The van der Waals surface area contributed by atoms with Gasteiger partial charge in [-0.1, -0.05) is 0 Å². The van der Waals surface area contributed by atoms with Crippen LogP contribution in [0.1, 0.15) is 5.56 Å². The number of hydrogen-bond acceptors (Lipinski definition) is 1. The first-order valence-electron chi connectivity index (χ1n) is 3.93. The molecule has 0 aliphatic heterocycles. The number of hydrogen-bond donors (Lipinski definition) is 1. The summed E-state index contributed by atoms with van der Waals surface area (Å²) in [5, 5.41) is 2.76. The Kier molecular flexibility index (Phi) is 3.31. The van der Waals surface area contributed by atoms with Gasteiger partial charge in [0.15, 0.2) is 0 Å². The predicted molar refractivity (Wildman–Crippen MR) is 43.9 cm³/mol. The lowest BCUT2D eigenvalue weighted by atomic mass is 10.1. The minimum atomic E-state index is -0.886. The summed E-state index contributed by atoms with van der Waals surface area (Å²) in [7, 11) is 1.68. The lowest BCUT2D eigenvalue weighted by Gasteiger charge is -2.04. The molecule has 0 fully saturated rings. The smallest absolute Gasteiger partial charge is 0.132 e. The van der Waals surface area contributed by atoms with Gasteiger partial charge < -0.3 is 5.32 Å². The van der Waals surface area contributed by atoms with Crippen molar-refractivity contribution >= 4 is 0 Å². The van der Waals surface area contributed by atoms with Crippen LogP contribution in [0, 0.1) is 17.5 Å². The van der Waals surface area contributed by atoms with E-state index in [1.807, 2.05) is 0 Å². The van der Waals surface area contributed by atoms with Crippen LogP contribution in [0.15, 0.2) is 12.1 Å². The van der Waals surface area contributed by atoms with Crippen LogP contribution in [0.4, 0.5) is 13.2 Å². The molecule has 0 saturated carbocycles. The van der Waals surface area contributed by atoms with Crippen molar-refractivity contribution in [2.45, 2.75) is 6.42 Å². The zero-order chi connectivity index (χ0) is 9.84. The zero-order valence-electron chi connectivity index (χ0n) is 7.20. The van der Waals surface area contributed by atoms with Crippen molar-refractivity contribution in [2.24, 2.45) is 0 Å². The number of halogens is 3. The van der Waals surface area contributed by atoms with E-state index in [9.17, 15) is 13.2 Å². The molecule has 1 nitrogen and oxygen atoms in total. The molecule has 13 heavy (non-hydrogen) atoms. The molecule has 0 aliphatic carbocycles. The van der Waals surface area contributed by atoms with E-state index in [-0.39, 0.29) is 12.0 Å². The molecular weight excluding hydrogens is 179 g/mol. The number of rotatable bonds is 3. The van der Waals surface area contributed by atoms with Gasteiger partial charge in [0.1, 0.15) is 17.5 Å². The highest BCUT2D eigenvalue weighted by Crippen LogP contribution is 2.14. The maximum Gasteiger partial charge on any atom is 0.132 e. The van der Waals surface area contributed by atoms with Gasteiger partial charge in [0.05, 0.1) is 0 Å². The molecule has 0 aromatic heterocycles. The summed E-state index contributed by atoms with van der Waals surface area (Å²) in [6, 6.07) is 1.38. The second-order valence-corrected chi connectivity index (χ2v) is 2.70. The highest BCUT2D eigenvalue weighted by molar-refractivity contribution is 5.21. The fourth-order valence-electron chi connectivity index (χ4n) is 1.06. The van der Waals surface area contributed by atoms with E-state index in [4.69, 9.17) is 0 Å². The van der Waals surface area contributed by atoms with Crippen molar-refractivity contribution in [2.75, 3.05) is 13.6 Å². The summed E-state index contributed by atoms with van der Waals surface area (Å²) in [5.41, 5.74) is -0.0734. The summed E-state index contributed by atoms with van der Waals surface area (Å²) >= 11 is 0. The summed E-state index contributed by atoms with van der Waals surface area (Å²) in [6.45, 7) is 0.458. The first-order valence-corrected chi connectivity index (χ1v) is 3.93. The van der Waals surface area contributed by atoms with Crippen LogP contribution in [-0.4, -0.2) is 13.6 Å². The van der Waals surface area contributed by atoms with Crippen LogP contribution < -0.4 is 5.32 Å². The van der Waals surface area contributed by atoms with Gasteiger partial charge in [0.25, 0.3) is 0 Å². The second-order valence-electron chi connectivity index (χ2n) is 2.70. The summed E-state index contributed by atoms with van der Waals surface area (Å²) in [5.74, 6) is -2.54. The Bertz CT molecular complexity index is 276. The molecule has 0 heterocycles. The average molecular weight is 189 g/mol. The van der Waals surface area contributed by atoms with E-state index in [1.165, 1.54) is 0 Å². The third kappa shape index (κ3) is 2.45. The SMILES string of the molecule is CNCCc1c(F)cc(F)cc1F. The third-order valence-electron chi connectivity index (χ3n) is 1.73. The van der Waals surface area contributed by atoms with Crippen molar-refractivity contribution in [3.63, 3.8) is 0 Å². The van der Waals surface area contributed by atoms with Gasteiger partial charge in [-0.15, -0.1) is 0 Å². The number of nitrogens with one attached hydrogen (secondary N) is 1. The molecule has 1 aromatic carbocycles. The van der Waals surface area contributed by atoms with E-state index in [2.05, 4.69) is 5.32 Å². The van der Waals surface area contributed by atoms with E-state index >= 15 is 0 Å². The lowest BCUT2D eigenvalue weighted by molar-refractivity contribution is 0.521. The molecule has 0 radical (unpaired) electrons. The number of likely N-dealkylation sites (N-methyl/N-ethyl adjacent to an activating group) is 1. The standard InChI is InChI=1S/C9H10F3N/c1-13-3-2-7-8(11)4-6(10)5-9(7)12/h4-5,13H,2-3H2,1H3. The molecule has 0 atom stereocenters. The van der Waals surface area contributed by atoms with E-state index in [1.54, 1.807) is 7.05 Å². The quantitative estimate of drug-likeness (QED) is 0.765. The highest BCUT2D eigenvalue weighted by atomic mass is 19.1. The fraction of sp³-hybridized carbons (Fsp3) is 0.333. The normalized spacial score (nSPS) is 10.5. The van der Waals surface area contributed by atoms with Crippen LogP contribution in [-0.2, 0) is 6.42 Å². The Morgan fingerprint density at radius 1 is 1.15 bits per heavy atom. The van der Waals surface area contributed by atoms with Crippen LogP contribution in [0.5, 0.6) is 0 Å². The first kappa shape index (κ1) is 10.1. The fourth-order valence-corrected chi connectivity index (χ4v) is 1.06. The minimum Gasteiger partial charge on any atom is -0.319 e. The Hall–Kier alpha value is -1.03. The topological polar surface area (TPSA) is 12.0 Å². The average Bonchev–Trinajstić information content (AvgIpc) is 2.02. The van der Waals surface area contributed by atoms with Gasteiger partial charge in [0.2, 0.25) is 0 Å². The van der Waals surface area contributed by atoms with Gasteiger partial charge in [-0.25, -0.2) is 13.2 Å². The van der Waals surface area contributed by atoms with Crippen molar-refractivity contribution < 1.29 is 13.2 Å². The van der Waals surface area contributed by atoms with Gasteiger partial charge in [-0.2, -0.15) is 0 Å². The molecule has 0 bridgehead atoms. The Balaban J connectivity index is 2.92. The van der Waals surface area contributed by atoms with Gasteiger partial charge in [0, 0.05) is 17.7 Å². The van der Waals surface area contributed by atoms with E-state index < -0.39 is 17.5 Å². The van der Waals surface area contributed by atoms with Crippen LogP contribution in [0.2, 0.25) is 0 Å². The van der Waals surface area contributed by atoms with Crippen LogP contribution in [0.25, 0.3) is 0 Å². The van der Waals surface area contributed by atoms with E-state index in [0.29, 0.717) is 18.7 Å². The molecule has 72 valence electrons. The first-order chi connectivity index (χ1) is 6.15. The van der Waals surface area contributed by atoms with Crippen molar-refractivity contribution in [3.8, 4) is 0 Å². The highest BCUT2D eigenvalue weighted by Gasteiger charge is 2.10. The molecule has 1 aromatic rings. The largest absolute Gasteiger partial charge is 0.319 e. The Labute approximate surface area is 74.6 Å². The van der Waals surface area contributed by atoms with Crippen molar-refractivity contribution in [3.05, 3.63) is 35.1 Å². The van der Waals surface area contributed by atoms with Crippen LogP contribution >= 0.6 is 0 Å². The molecule has 0 saturated heterocycles. The summed E-state index contributed by atoms with van der Waals surface area (Å²) in [4.78, 5) is 0. The van der Waals surface area contributed by atoms with Crippen molar-refractivity contribution in [1.82, 2.24) is 5.32 Å². The predicted octanol–water partition coefficient (Wildman–Crippen LogP) is 1.87. The molecule has 0 unspecified atom stereocenters. The van der Waals surface area contributed by atoms with Gasteiger partial charge in [-0.05, 0) is 20.0 Å². The summed E-state index contributed by atoms with van der Waals surface area (Å²) in [6.07, 6.45) is 0.217. The molecule has 0 aliphatic rings. The third-order valence-corrected chi connectivity index (χ3v) is 1.73. The molecular formula is C9H10F3N. The van der Waals surface area contributed by atoms with Gasteiger partial charge in [-0.3, -0.25) is 0 Å². The molecule has 4 heteroatoms. The zero-order valence-corrected chi connectivity index (χ0v) is 7.20. The maximum absolute atomic E-state index is 12.9. The van der Waals surface area contributed by atoms with Crippen molar-refractivity contribution in [1.29, 1.82) is 0 Å². The Morgan fingerprint density at radius 3 is 2.15 bits per heavy atom. The second kappa shape index (κ2) is 4.28. The summed E-state index contributed by atoms with van der Waals surface area (Å²) < 4.78 is 38.3.